The number of nitrogens with zero attached hydrogens (tertiary/aromatic N) is 2. The fourth-order valence-corrected chi connectivity index (χ4v) is 2.00. The molecule has 1 heterocycles. The molecule has 2 amide bonds. The topological polar surface area (TPSA) is 60.9 Å². The fourth-order valence-electron chi connectivity index (χ4n) is 2.00. The Morgan fingerprint density at radius 2 is 2.00 bits per heavy atom. The third kappa shape index (κ3) is 2.40. The molecule has 0 aromatic rings. The second-order valence-electron chi connectivity index (χ2n) is 4.20. The van der Waals surface area contributed by atoms with E-state index in [9.17, 15) is 9.59 Å². The van der Waals surface area contributed by atoms with Crippen LogP contribution in [0, 0.1) is 5.92 Å². The lowest BCUT2D eigenvalue weighted by atomic mass is 9.90. The van der Waals surface area contributed by atoms with Crippen LogP contribution in [-0.2, 0) is 4.79 Å². The van der Waals surface area contributed by atoms with Crippen molar-refractivity contribution in [2.75, 3.05) is 20.6 Å². The van der Waals surface area contributed by atoms with Crippen molar-refractivity contribution >= 4 is 12.0 Å². The molecule has 86 valence electrons. The number of carboxylic acid groups (broad SMARTS) is 1. The summed E-state index contributed by atoms with van der Waals surface area (Å²) in [5, 5.41) is 9.00. The minimum Gasteiger partial charge on any atom is -0.481 e. The van der Waals surface area contributed by atoms with E-state index in [4.69, 9.17) is 5.11 Å². The Kier molecular flexibility index (Phi) is 3.55. The Labute approximate surface area is 89.7 Å². The highest BCUT2D eigenvalue weighted by Crippen LogP contribution is 2.24. The normalized spacial score (nSPS) is 26.2. The molecule has 0 radical (unpaired) electrons. The van der Waals surface area contributed by atoms with Gasteiger partial charge in [-0.25, -0.2) is 4.79 Å². The predicted octanol–water partition coefficient (Wildman–Crippen LogP) is 0.853. The first-order valence-electron chi connectivity index (χ1n) is 5.16. The summed E-state index contributed by atoms with van der Waals surface area (Å²) in [7, 11) is 3.36. The Balaban J connectivity index is 2.74. The Hall–Kier alpha value is -1.26. The van der Waals surface area contributed by atoms with E-state index < -0.39 is 11.9 Å². The van der Waals surface area contributed by atoms with Crippen LogP contribution in [0.15, 0.2) is 0 Å². The van der Waals surface area contributed by atoms with Crippen LogP contribution in [0.4, 0.5) is 4.79 Å². The summed E-state index contributed by atoms with van der Waals surface area (Å²) in [5.74, 6) is -1.23. The van der Waals surface area contributed by atoms with Crippen LogP contribution >= 0.6 is 0 Å². The number of amides is 2. The van der Waals surface area contributed by atoms with Gasteiger partial charge in [-0.3, -0.25) is 4.79 Å². The Bertz CT molecular complexity index is 265. The number of aliphatic carboxylic acids is 1. The number of carbonyl (C=O) groups excluding carboxylic acids is 1. The van der Waals surface area contributed by atoms with Crippen molar-refractivity contribution in [2.45, 2.75) is 25.8 Å². The summed E-state index contributed by atoms with van der Waals surface area (Å²) in [4.78, 5) is 25.8. The molecule has 1 saturated heterocycles. The van der Waals surface area contributed by atoms with Gasteiger partial charge in [0.05, 0.1) is 5.92 Å². The highest BCUT2D eigenvalue weighted by atomic mass is 16.4. The molecule has 0 aromatic carbocycles. The first kappa shape index (κ1) is 11.8. The molecular weight excluding hydrogens is 196 g/mol. The molecule has 5 nitrogen and oxygen atoms in total. The lowest BCUT2D eigenvalue weighted by molar-refractivity contribution is -0.145. The van der Waals surface area contributed by atoms with Crippen LogP contribution in [0.5, 0.6) is 0 Å². The number of carboxylic acids is 1. The van der Waals surface area contributed by atoms with E-state index in [1.807, 2.05) is 0 Å². The number of rotatable bonds is 1. The smallest absolute Gasteiger partial charge is 0.319 e. The summed E-state index contributed by atoms with van der Waals surface area (Å²) in [6.45, 7) is 2.46. The number of piperidine rings is 1. The minimum atomic E-state index is -0.807. The maximum Gasteiger partial charge on any atom is 0.319 e. The Morgan fingerprint density at radius 1 is 1.40 bits per heavy atom. The largest absolute Gasteiger partial charge is 0.481 e. The molecule has 0 saturated carbocycles. The van der Waals surface area contributed by atoms with Crippen LogP contribution in [0.25, 0.3) is 0 Å². The minimum absolute atomic E-state index is 0.103. The van der Waals surface area contributed by atoms with Gasteiger partial charge in [0.1, 0.15) is 0 Å². The average Bonchev–Trinajstić information content (AvgIpc) is 2.16. The molecule has 1 rings (SSSR count). The van der Waals surface area contributed by atoms with E-state index in [1.54, 1.807) is 25.9 Å². The summed E-state index contributed by atoms with van der Waals surface area (Å²) in [6.07, 6.45) is 1.43. The van der Waals surface area contributed by atoms with E-state index in [0.29, 0.717) is 13.0 Å². The van der Waals surface area contributed by atoms with Gasteiger partial charge in [-0.2, -0.15) is 0 Å². The maximum atomic E-state index is 11.7. The molecule has 0 aromatic heterocycles. The molecule has 1 fully saturated rings. The van der Waals surface area contributed by atoms with Gasteiger partial charge >= 0.3 is 12.0 Å². The van der Waals surface area contributed by atoms with Crippen molar-refractivity contribution in [3.8, 4) is 0 Å². The van der Waals surface area contributed by atoms with Gasteiger partial charge in [0.15, 0.2) is 0 Å². The van der Waals surface area contributed by atoms with Crippen molar-refractivity contribution < 1.29 is 14.7 Å². The number of urea groups is 1. The monoisotopic (exact) mass is 214 g/mol. The number of hydrogen-bond acceptors (Lipinski definition) is 2. The van der Waals surface area contributed by atoms with Gasteiger partial charge in [0.2, 0.25) is 0 Å². The zero-order valence-corrected chi connectivity index (χ0v) is 9.43. The van der Waals surface area contributed by atoms with E-state index >= 15 is 0 Å². The van der Waals surface area contributed by atoms with Crippen molar-refractivity contribution in [3.05, 3.63) is 0 Å². The van der Waals surface area contributed by atoms with Crippen LogP contribution in [-0.4, -0.2) is 53.6 Å². The van der Waals surface area contributed by atoms with E-state index in [2.05, 4.69) is 0 Å². The Morgan fingerprint density at radius 3 is 2.47 bits per heavy atom. The van der Waals surface area contributed by atoms with Crippen LogP contribution < -0.4 is 0 Å². The second-order valence-corrected chi connectivity index (χ2v) is 4.20. The van der Waals surface area contributed by atoms with Gasteiger partial charge in [-0.15, -0.1) is 0 Å². The molecule has 0 aliphatic carbocycles. The lowest BCUT2D eigenvalue weighted by Gasteiger charge is -2.38. The van der Waals surface area contributed by atoms with Gasteiger partial charge < -0.3 is 14.9 Å². The number of carbonyl (C=O) groups is 2. The van der Waals surface area contributed by atoms with E-state index in [0.717, 1.165) is 6.42 Å². The van der Waals surface area contributed by atoms with Crippen LogP contribution in [0.1, 0.15) is 19.8 Å². The molecule has 1 aliphatic heterocycles. The molecule has 0 unspecified atom stereocenters. The van der Waals surface area contributed by atoms with Crippen molar-refractivity contribution in [2.24, 2.45) is 5.92 Å². The van der Waals surface area contributed by atoms with Crippen LogP contribution in [0.3, 0.4) is 0 Å². The van der Waals surface area contributed by atoms with E-state index in [1.165, 1.54) is 4.90 Å². The van der Waals surface area contributed by atoms with Gasteiger partial charge in [0.25, 0.3) is 0 Å². The summed E-state index contributed by atoms with van der Waals surface area (Å²) in [5.41, 5.74) is 0. The van der Waals surface area contributed by atoms with Gasteiger partial charge in [0, 0.05) is 26.7 Å². The molecule has 15 heavy (non-hydrogen) atoms. The quantitative estimate of drug-likeness (QED) is 0.704. The zero-order chi connectivity index (χ0) is 11.6. The summed E-state index contributed by atoms with van der Waals surface area (Å²) >= 11 is 0. The molecular formula is C10H18N2O3. The molecule has 1 N–H and O–H groups in total. The fraction of sp³-hybridized carbons (Fsp3) is 0.800. The van der Waals surface area contributed by atoms with Crippen molar-refractivity contribution in [1.29, 1.82) is 0 Å². The average molecular weight is 214 g/mol. The maximum absolute atomic E-state index is 11.7. The van der Waals surface area contributed by atoms with Gasteiger partial charge in [-0.05, 0) is 19.8 Å². The van der Waals surface area contributed by atoms with Crippen LogP contribution in [0.2, 0.25) is 0 Å². The SMILES string of the molecule is C[C@@H]1[C@H](C(=O)O)CCCN1C(=O)N(C)C. The highest BCUT2D eigenvalue weighted by molar-refractivity contribution is 5.77. The molecule has 1 aliphatic rings. The van der Waals surface area contributed by atoms with Crippen molar-refractivity contribution in [3.63, 3.8) is 0 Å². The van der Waals surface area contributed by atoms with Crippen molar-refractivity contribution in [1.82, 2.24) is 9.80 Å². The highest BCUT2D eigenvalue weighted by Gasteiger charge is 2.35. The predicted molar refractivity (Wildman–Crippen MR) is 55.6 cm³/mol. The third-order valence-corrected chi connectivity index (χ3v) is 2.93. The molecule has 0 bridgehead atoms. The number of hydrogen-bond donors (Lipinski definition) is 1. The summed E-state index contributed by atoms with van der Waals surface area (Å²) in [6, 6.07) is -0.320. The zero-order valence-electron chi connectivity index (χ0n) is 9.43. The van der Waals surface area contributed by atoms with Gasteiger partial charge in [-0.1, -0.05) is 0 Å². The first-order chi connectivity index (χ1) is 6.95. The second kappa shape index (κ2) is 4.51. The van der Waals surface area contributed by atoms with E-state index in [-0.39, 0.29) is 12.1 Å². The standard InChI is InChI=1S/C10H18N2O3/c1-7-8(9(13)14)5-4-6-12(7)10(15)11(2)3/h7-8H,4-6H2,1-3H3,(H,13,14)/t7-,8-/m1/s1. The third-order valence-electron chi connectivity index (χ3n) is 2.93. The first-order valence-corrected chi connectivity index (χ1v) is 5.16. The lowest BCUT2D eigenvalue weighted by Crippen LogP contribution is -2.52. The summed E-state index contributed by atoms with van der Waals surface area (Å²) < 4.78 is 0. The molecule has 5 heteroatoms. The number of likely N-dealkylation sites (tertiary alicyclic amines) is 1. The molecule has 0 spiro atoms. The molecule has 2 atom stereocenters.